The fourth-order valence-corrected chi connectivity index (χ4v) is 1.80. The summed E-state index contributed by atoms with van der Waals surface area (Å²) in [5, 5.41) is 13.1. The van der Waals surface area contributed by atoms with Crippen LogP contribution in [0, 0.1) is 11.6 Å². The zero-order chi connectivity index (χ0) is 16.9. The van der Waals surface area contributed by atoms with Crippen molar-refractivity contribution in [3.05, 3.63) is 35.4 Å². The summed E-state index contributed by atoms with van der Waals surface area (Å²) >= 11 is 0. The summed E-state index contributed by atoms with van der Waals surface area (Å²) in [4.78, 5) is 22.4. The summed E-state index contributed by atoms with van der Waals surface area (Å²) in [7, 11) is 0. The maximum absolute atomic E-state index is 13.2. The lowest BCUT2D eigenvalue weighted by molar-refractivity contribution is -0.306. The summed E-state index contributed by atoms with van der Waals surface area (Å²) < 4.78 is 31.1. The Bertz CT molecular complexity index is 555. The van der Waals surface area contributed by atoms with E-state index in [0.717, 1.165) is 12.1 Å². The van der Waals surface area contributed by atoms with Gasteiger partial charge < -0.3 is 20.0 Å². The number of carboxylic acids is 1. The summed E-state index contributed by atoms with van der Waals surface area (Å²) in [6.07, 6.45) is -1.26. The molecule has 0 bridgehead atoms. The molecule has 0 aliphatic heterocycles. The van der Waals surface area contributed by atoms with Gasteiger partial charge in [0.2, 0.25) is 0 Å². The van der Waals surface area contributed by atoms with E-state index in [1.807, 2.05) is 0 Å². The number of rotatable bonds is 5. The molecule has 0 aliphatic carbocycles. The van der Waals surface area contributed by atoms with Gasteiger partial charge in [-0.3, -0.25) is 0 Å². The number of hydrogen-bond acceptors (Lipinski definition) is 4. The van der Waals surface area contributed by atoms with Gasteiger partial charge in [-0.1, -0.05) is 6.07 Å². The zero-order valence-electron chi connectivity index (χ0n) is 12.6. The van der Waals surface area contributed by atoms with Crippen LogP contribution in [-0.4, -0.2) is 23.7 Å². The third-order valence-corrected chi connectivity index (χ3v) is 2.60. The summed E-state index contributed by atoms with van der Waals surface area (Å²) in [6, 6.07) is 2.35. The number of ether oxygens (including phenoxy) is 1. The maximum Gasteiger partial charge on any atom is 0.407 e. The molecule has 1 N–H and O–H groups in total. The van der Waals surface area contributed by atoms with E-state index in [0.29, 0.717) is 5.56 Å². The fraction of sp³-hybridized carbons (Fsp3) is 0.467. The highest BCUT2D eigenvalue weighted by molar-refractivity contribution is 5.70. The van der Waals surface area contributed by atoms with Gasteiger partial charge in [-0.15, -0.1) is 0 Å². The lowest BCUT2D eigenvalue weighted by Gasteiger charge is -2.24. The monoisotopic (exact) mass is 314 g/mol. The van der Waals surface area contributed by atoms with Crippen molar-refractivity contribution in [3.63, 3.8) is 0 Å². The van der Waals surface area contributed by atoms with Crippen LogP contribution < -0.4 is 10.4 Å². The number of hydrogen-bond donors (Lipinski definition) is 1. The Morgan fingerprint density at radius 1 is 1.27 bits per heavy atom. The molecule has 122 valence electrons. The van der Waals surface area contributed by atoms with Crippen LogP contribution in [0.3, 0.4) is 0 Å². The molecule has 0 spiro atoms. The van der Waals surface area contributed by atoms with Gasteiger partial charge in [-0.25, -0.2) is 13.6 Å². The maximum atomic E-state index is 13.2. The van der Waals surface area contributed by atoms with Crippen LogP contribution in [-0.2, 0) is 16.0 Å². The number of nitrogens with one attached hydrogen (secondary N) is 1. The number of aliphatic carboxylic acids is 1. The van der Waals surface area contributed by atoms with Gasteiger partial charge in [0.15, 0.2) is 11.6 Å². The fourth-order valence-electron chi connectivity index (χ4n) is 1.80. The average Bonchev–Trinajstić information content (AvgIpc) is 2.30. The number of carbonyl (C=O) groups is 2. The van der Waals surface area contributed by atoms with Crippen molar-refractivity contribution in [3.8, 4) is 0 Å². The molecule has 22 heavy (non-hydrogen) atoms. The van der Waals surface area contributed by atoms with Crippen LogP contribution in [0.2, 0.25) is 0 Å². The molecule has 0 aliphatic rings. The lowest BCUT2D eigenvalue weighted by Crippen LogP contribution is -2.43. The normalized spacial score (nSPS) is 12.6. The van der Waals surface area contributed by atoms with Gasteiger partial charge in [0.05, 0.1) is 0 Å². The first-order valence-corrected chi connectivity index (χ1v) is 6.70. The number of alkyl carbamates (subject to hydrolysis) is 1. The molecule has 0 unspecified atom stereocenters. The molecule has 0 aromatic heterocycles. The van der Waals surface area contributed by atoms with E-state index in [-0.39, 0.29) is 6.42 Å². The highest BCUT2D eigenvalue weighted by Gasteiger charge is 2.20. The predicted molar refractivity (Wildman–Crippen MR) is 72.8 cm³/mol. The van der Waals surface area contributed by atoms with Crippen LogP contribution >= 0.6 is 0 Å². The third kappa shape index (κ3) is 6.51. The van der Waals surface area contributed by atoms with E-state index in [1.54, 1.807) is 20.8 Å². The molecule has 7 heteroatoms. The van der Waals surface area contributed by atoms with E-state index in [4.69, 9.17) is 4.74 Å². The first-order chi connectivity index (χ1) is 10.1. The van der Waals surface area contributed by atoms with Crippen LogP contribution in [0.15, 0.2) is 18.2 Å². The smallest absolute Gasteiger partial charge is 0.407 e. The average molecular weight is 314 g/mol. The Hall–Kier alpha value is -2.18. The number of carbonyl (C=O) groups excluding carboxylic acids is 2. The second-order valence-corrected chi connectivity index (χ2v) is 5.87. The Morgan fingerprint density at radius 2 is 1.91 bits per heavy atom. The zero-order valence-corrected chi connectivity index (χ0v) is 12.6. The molecule has 0 radical (unpaired) electrons. The van der Waals surface area contributed by atoms with Gasteiger partial charge in [-0.2, -0.15) is 0 Å². The van der Waals surface area contributed by atoms with Crippen LogP contribution in [0.4, 0.5) is 13.6 Å². The molecule has 0 fully saturated rings. The van der Waals surface area contributed by atoms with Crippen molar-refractivity contribution in [1.29, 1.82) is 0 Å². The van der Waals surface area contributed by atoms with Crippen LogP contribution in [0.1, 0.15) is 32.8 Å². The molecule has 1 aromatic rings. The molecule has 1 atom stereocenters. The van der Waals surface area contributed by atoms with Gasteiger partial charge in [-0.05, 0) is 44.9 Å². The number of benzene rings is 1. The van der Waals surface area contributed by atoms with Crippen molar-refractivity contribution in [2.75, 3.05) is 0 Å². The van der Waals surface area contributed by atoms with E-state index < -0.39 is 41.8 Å². The lowest BCUT2D eigenvalue weighted by atomic mass is 10.0. The summed E-state index contributed by atoms with van der Waals surface area (Å²) in [5.41, 5.74) is -0.390. The van der Waals surface area contributed by atoms with Gasteiger partial charge in [0.1, 0.15) is 5.60 Å². The first-order valence-electron chi connectivity index (χ1n) is 6.70. The molecule has 1 rings (SSSR count). The van der Waals surface area contributed by atoms with Crippen molar-refractivity contribution >= 4 is 12.1 Å². The van der Waals surface area contributed by atoms with Gasteiger partial charge in [0.25, 0.3) is 0 Å². The Kier molecular flexibility index (Phi) is 5.84. The molecule has 5 nitrogen and oxygen atoms in total. The largest absolute Gasteiger partial charge is 0.550 e. The van der Waals surface area contributed by atoms with Crippen molar-refractivity contribution in [1.82, 2.24) is 5.32 Å². The number of halogens is 2. The van der Waals surface area contributed by atoms with Crippen LogP contribution in [0.5, 0.6) is 0 Å². The minimum atomic E-state index is -1.37. The van der Waals surface area contributed by atoms with Crippen LogP contribution in [0.25, 0.3) is 0 Å². The Balaban J connectivity index is 2.77. The molecular formula is C15H18F2NO4-. The van der Waals surface area contributed by atoms with Crippen molar-refractivity contribution < 1.29 is 28.2 Å². The van der Waals surface area contributed by atoms with E-state index >= 15 is 0 Å². The molecule has 0 saturated heterocycles. The molecular weight excluding hydrogens is 296 g/mol. The predicted octanol–water partition coefficient (Wildman–Crippen LogP) is 1.54. The van der Waals surface area contributed by atoms with Gasteiger partial charge in [0, 0.05) is 18.4 Å². The first kappa shape index (κ1) is 17.9. The van der Waals surface area contributed by atoms with Crippen molar-refractivity contribution in [2.24, 2.45) is 0 Å². The standard InChI is InChI=1S/C15H19F2NO4/c1-15(2,3)22-14(21)18-10(8-13(19)20)6-9-4-5-11(16)12(17)7-9/h4-5,7,10H,6,8H2,1-3H3,(H,18,21)(H,19,20)/p-1/t10-/m1/s1. The number of amides is 1. The molecule has 1 amide bonds. The molecule has 0 heterocycles. The SMILES string of the molecule is CC(C)(C)OC(=O)N[C@@H](CC(=O)[O-])Cc1ccc(F)c(F)c1. The minimum Gasteiger partial charge on any atom is -0.550 e. The molecule has 0 saturated carbocycles. The van der Waals surface area contributed by atoms with Gasteiger partial charge >= 0.3 is 6.09 Å². The minimum absolute atomic E-state index is 0.00439. The number of carboxylic acid groups (broad SMARTS) is 1. The Labute approximate surface area is 127 Å². The van der Waals surface area contributed by atoms with E-state index in [1.165, 1.54) is 6.07 Å². The van der Waals surface area contributed by atoms with E-state index in [2.05, 4.69) is 5.32 Å². The topological polar surface area (TPSA) is 78.5 Å². The highest BCUT2D eigenvalue weighted by Crippen LogP contribution is 2.13. The second-order valence-electron chi connectivity index (χ2n) is 5.87. The summed E-state index contributed by atoms with van der Waals surface area (Å²) in [5.74, 6) is -3.41. The Morgan fingerprint density at radius 3 is 2.41 bits per heavy atom. The quantitative estimate of drug-likeness (QED) is 0.894. The summed E-state index contributed by atoms with van der Waals surface area (Å²) in [6.45, 7) is 4.99. The third-order valence-electron chi connectivity index (χ3n) is 2.60. The van der Waals surface area contributed by atoms with Crippen molar-refractivity contribution in [2.45, 2.75) is 45.3 Å². The highest BCUT2D eigenvalue weighted by atomic mass is 19.2. The molecule has 1 aromatic carbocycles. The van der Waals surface area contributed by atoms with E-state index in [9.17, 15) is 23.5 Å². The second kappa shape index (κ2) is 7.20.